The number of hydrazine groups is 1. The smallest absolute Gasteiger partial charge is 0.235 e. The van der Waals surface area contributed by atoms with Crippen LogP contribution in [0.4, 0.5) is 0 Å². The Morgan fingerprint density at radius 1 is 1.54 bits per heavy atom. The van der Waals surface area contributed by atoms with Crippen LogP contribution in [0.3, 0.4) is 0 Å². The van der Waals surface area contributed by atoms with E-state index in [4.69, 9.17) is 5.84 Å². The Labute approximate surface area is 77.1 Å². The Kier molecular flexibility index (Phi) is 3.23. The van der Waals surface area contributed by atoms with Crippen molar-refractivity contribution in [3.8, 4) is 0 Å². The third-order valence-corrected chi connectivity index (χ3v) is 3.91. The standard InChI is InChI=1S/C6H13N3O3S/c7-8-6(10)2-4-9-3-1-5-13(9,11)12/h1-5,7H2,(H,8,10). The summed E-state index contributed by atoms with van der Waals surface area (Å²) in [5.41, 5.74) is 1.96. The largest absolute Gasteiger partial charge is 0.294 e. The summed E-state index contributed by atoms with van der Waals surface area (Å²) in [6, 6.07) is 0. The number of carbonyl (C=O) groups excluding carboxylic acids is 1. The van der Waals surface area contributed by atoms with Crippen molar-refractivity contribution in [2.24, 2.45) is 5.84 Å². The molecule has 0 aromatic rings. The number of hydrogen-bond donors (Lipinski definition) is 2. The van der Waals surface area contributed by atoms with Gasteiger partial charge in [-0.2, -0.15) is 0 Å². The number of hydrogen-bond acceptors (Lipinski definition) is 4. The van der Waals surface area contributed by atoms with E-state index in [0.29, 0.717) is 13.0 Å². The highest BCUT2D eigenvalue weighted by molar-refractivity contribution is 7.89. The SMILES string of the molecule is NNC(=O)CCN1CCCS1(=O)=O. The van der Waals surface area contributed by atoms with Gasteiger partial charge < -0.3 is 0 Å². The maximum Gasteiger partial charge on any atom is 0.235 e. The predicted octanol–water partition coefficient (Wildman–Crippen LogP) is -1.60. The fourth-order valence-corrected chi connectivity index (χ4v) is 2.77. The van der Waals surface area contributed by atoms with Gasteiger partial charge in [0, 0.05) is 19.5 Å². The van der Waals surface area contributed by atoms with E-state index in [1.54, 1.807) is 0 Å². The highest BCUT2D eigenvalue weighted by atomic mass is 32.2. The van der Waals surface area contributed by atoms with Crippen LogP contribution in [0.5, 0.6) is 0 Å². The molecular weight excluding hydrogens is 194 g/mol. The molecule has 1 saturated heterocycles. The molecule has 0 saturated carbocycles. The van der Waals surface area contributed by atoms with E-state index >= 15 is 0 Å². The first kappa shape index (κ1) is 10.4. The van der Waals surface area contributed by atoms with Gasteiger partial charge in [0.2, 0.25) is 15.9 Å². The monoisotopic (exact) mass is 207 g/mol. The van der Waals surface area contributed by atoms with E-state index in [1.807, 2.05) is 5.43 Å². The molecule has 13 heavy (non-hydrogen) atoms. The average Bonchev–Trinajstić information content (AvgIpc) is 2.41. The van der Waals surface area contributed by atoms with Crippen LogP contribution >= 0.6 is 0 Å². The molecule has 1 amide bonds. The molecule has 6 nitrogen and oxygen atoms in total. The van der Waals surface area contributed by atoms with Gasteiger partial charge >= 0.3 is 0 Å². The molecule has 76 valence electrons. The second-order valence-electron chi connectivity index (χ2n) is 2.89. The lowest BCUT2D eigenvalue weighted by molar-refractivity contribution is -0.121. The molecule has 0 radical (unpaired) electrons. The molecule has 1 fully saturated rings. The molecule has 1 rings (SSSR count). The molecule has 0 spiro atoms. The maximum absolute atomic E-state index is 11.2. The lowest BCUT2D eigenvalue weighted by atomic mass is 10.4. The molecule has 0 unspecified atom stereocenters. The third kappa shape index (κ3) is 2.64. The van der Waals surface area contributed by atoms with Crippen molar-refractivity contribution in [3.63, 3.8) is 0 Å². The lowest BCUT2D eigenvalue weighted by Crippen LogP contribution is -2.35. The fourth-order valence-electron chi connectivity index (χ4n) is 1.24. The number of nitrogens with zero attached hydrogens (tertiary/aromatic N) is 1. The first-order valence-electron chi connectivity index (χ1n) is 4.03. The number of nitrogens with two attached hydrogens (primary N) is 1. The van der Waals surface area contributed by atoms with Crippen LogP contribution in [0.1, 0.15) is 12.8 Å². The van der Waals surface area contributed by atoms with E-state index < -0.39 is 10.0 Å². The fraction of sp³-hybridized carbons (Fsp3) is 0.833. The quantitative estimate of drug-likeness (QED) is 0.331. The molecule has 7 heteroatoms. The number of rotatable bonds is 3. The van der Waals surface area contributed by atoms with E-state index in [2.05, 4.69) is 0 Å². The van der Waals surface area contributed by atoms with Crippen LogP contribution < -0.4 is 11.3 Å². The molecular formula is C6H13N3O3S. The van der Waals surface area contributed by atoms with Crippen molar-refractivity contribution in [3.05, 3.63) is 0 Å². The van der Waals surface area contributed by atoms with Gasteiger partial charge in [0.15, 0.2) is 0 Å². The van der Waals surface area contributed by atoms with Crippen LogP contribution in [-0.2, 0) is 14.8 Å². The second-order valence-corrected chi connectivity index (χ2v) is 4.97. The van der Waals surface area contributed by atoms with Crippen molar-refractivity contribution < 1.29 is 13.2 Å². The van der Waals surface area contributed by atoms with Crippen molar-refractivity contribution >= 4 is 15.9 Å². The zero-order valence-corrected chi connectivity index (χ0v) is 8.01. The summed E-state index contributed by atoms with van der Waals surface area (Å²) < 4.78 is 23.8. The molecule has 0 aromatic carbocycles. The van der Waals surface area contributed by atoms with Gasteiger partial charge in [-0.15, -0.1) is 0 Å². The number of nitrogens with one attached hydrogen (secondary N) is 1. The highest BCUT2D eigenvalue weighted by Crippen LogP contribution is 2.12. The Bertz CT molecular complexity index is 287. The maximum atomic E-state index is 11.2. The Hall–Kier alpha value is -0.660. The lowest BCUT2D eigenvalue weighted by Gasteiger charge is -2.12. The molecule has 3 N–H and O–H groups in total. The summed E-state index contributed by atoms with van der Waals surface area (Å²) in [6.45, 7) is 0.742. The van der Waals surface area contributed by atoms with E-state index in [1.165, 1.54) is 4.31 Å². The normalized spacial score (nSPS) is 21.6. The van der Waals surface area contributed by atoms with Crippen LogP contribution in [-0.4, -0.2) is 37.5 Å². The summed E-state index contributed by atoms with van der Waals surface area (Å²) in [5.74, 6) is 4.70. The molecule has 1 heterocycles. The molecule has 0 atom stereocenters. The predicted molar refractivity (Wildman–Crippen MR) is 46.9 cm³/mol. The van der Waals surface area contributed by atoms with Gasteiger partial charge in [-0.25, -0.2) is 18.6 Å². The summed E-state index contributed by atoms with van der Waals surface area (Å²) in [4.78, 5) is 10.7. The van der Waals surface area contributed by atoms with E-state index in [-0.39, 0.29) is 24.6 Å². The van der Waals surface area contributed by atoms with Crippen molar-refractivity contribution in [1.82, 2.24) is 9.73 Å². The van der Waals surface area contributed by atoms with Crippen molar-refractivity contribution in [2.75, 3.05) is 18.8 Å². The average molecular weight is 207 g/mol. The zero-order valence-electron chi connectivity index (χ0n) is 7.19. The molecule has 0 aliphatic carbocycles. The summed E-state index contributed by atoms with van der Waals surface area (Å²) in [7, 11) is -3.08. The third-order valence-electron chi connectivity index (χ3n) is 1.95. The van der Waals surface area contributed by atoms with Gasteiger partial charge in [-0.05, 0) is 6.42 Å². The Morgan fingerprint density at radius 2 is 2.23 bits per heavy atom. The van der Waals surface area contributed by atoms with Gasteiger partial charge in [0.1, 0.15) is 0 Å². The summed E-state index contributed by atoms with van der Waals surface area (Å²) >= 11 is 0. The van der Waals surface area contributed by atoms with Crippen molar-refractivity contribution in [2.45, 2.75) is 12.8 Å². The van der Waals surface area contributed by atoms with Crippen LogP contribution in [0, 0.1) is 0 Å². The van der Waals surface area contributed by atoms with Gasteiger partial charge in [0.25, 0.3) is 0 Å². The van der Waals surface area contributed by atoms with Crippen LogP contribution in [0.25, 0.3) is 0 Å². The van der Waals surface area contributed by atoms with Crippen LogP contribution in [0.2, 0.25) is 0 Å². The number of carbonyl (C=O) groups is 1. The molecule has 0 bridgehead atoms. The Balaban J connectivity index is 2.42. The highest BCUT2D eigenvalue weighted by Gasteiger charge is 2.27. The summed E-state index contributed by atoms with van der Waals surface area (Å²) in [6.07, 6.45) is 0.766. The molecule has 0 aromatic heterocycles. The van der Waals surface area contributed by atoms with Gasteiger partial charge in [0.05, 0.1) is 5.75 Å². The van der Waals surface area contributed by atoms with Crippen LogP contribution in [0.15, 0.2) is 0 Å². The minimum atomic E-state index is -3.08. The minimum absolute atomic E-state index is 0.121. The molecule has 1 aliphatic heterocycles. The summed E-state index contributed by atoms with van der Waals surface area (Å²) in [5, 5.41) is 0. The number of sulfonamides is 1. The first-order valence-corrected chi connectivity index (χ1v) is 5.64. The minimum Gasteiger partial charge on any atom is -0.294 e. The zero-order chi connectivity index (χ0) is 9.90. The topological polar surface area (TPSA) is 92.5 Å². The Morgan fingerprint density at radius 3 is 2.69 bits per heavy atom. The van der Waals surface area contributed by atoms with Crippen molar-refractivity contribution in [1.29, 1.82) is 0 Å². The van der Waals surface area contributed by atoms with Gasteiger partial charge in [-0.1, -0.05) is 0 Å². The first-order chi connectivity index (χ1) is 6.06. The second kappa shape index (κ2) is 4.03. The molecule has 1 aliphatic rings. The van der Waals surface area contributed by atoms with Gasteiger partial charge in [-0.3, -0.25) is 10.2 Å². The van der Waals surface area contributed by atoms with E-state index in [9.17, 15) is 13.2 Å². The van der Waals surface area contributed by atoms with E-state index in [0.717, 1.165) is 0 Å². The number of amides is 1.